The molecule has 0 aliphatic carbocycles. The van der Waals surface area contributed by atoms with Crippen LogP contribution in [0.4, 0.5) is 0 Å². The van der Waals surface area contributed by atoms with Crippen molar-refractivity contribution in [2.75, 3.05) is 19.8 Å². The number of aryl methyl sites for hydroxylation is 2. The third kappa shape index (κ3) is 2.56. The third-order valence-corrected chi connectivity index (χ3v) is 4.25. The molecular formula is C17H19N5O2. The van der Waals surface area contributed by atoms with Crippen LogP contribution in [0.1, 0.15) is 33.6 Å². The predicted octanol–water partition coefficient (Wildman–Crippen LogP) is 1.89. The Labute approximate surface area is 139 Å². The van der Waals surface area contributed by atoms with Crippen LogP contribution in [0, 0.1) is 13.8 Å². The van der Waals surface area contributed by atoms with Crippen molar-refractivity contribution >= 4 is 11.6 Å². The molecule has 4 rings (SSSR count). The van der Waals surface area contributed by atoms with Crippen molar-refractivity contribution in [1.82, 2.24) is 24.3 Å². The fraction of sp³-hybridized carbons (Fsp3) is 0.353. The van der Waals surface area contributed by atoms with Crippen molar-refractivity contribution in [1.29, 1.82) is 0 Å². The summed E-state index contributed by atoms with van der Waals surface area (Å²) in [6, 6.07) is 3.69. The first-order valence-corrected chi connectivity index (χ1v) is 7.97. The van der Waals surface area contributed by atoms with E-state index in [0.29, 0.717) is 25.5 Å². The van der Waals surface area contributed by atoms with Gasteiger partial charge in [0, 0.05) is 30.8 Å². The lowest BCUT2D eigenvalue weighted by Crippen LogP contribution is -2.44. The fourth-order valence-corrected chi connectivity index (χ4v) is 3.03. The van der Waals surface area contributed by atoms with Crippen LogP contribution in [0.15, 0.2) is 30.7 Å². The molecule has 1 fully saturated rings. The minimum Gasteiger partial charge on any atom is -0.377 e. The molecule has 7 heteroatoms. The molecule has 3 aromatic rings. The molecule has 1 aliphatic heterocycles. The summed E-state index contributed by atoms with van der Waals surface area (Å²) in [6.45, 7) is 5.44. The zero-order valence-corrected chi connectivity index (χ0v) is 13.7. The van der Waals surface area contributed by atoms with Gasteiger partial charge in [-0.15, -0.1) is 0 Å². The summed E-state index contributed by atoms with van der Waals surface area (Å²) in [5.41, 5.74) is 3.29. The Morgan fingerprint density at radius 3 is 3.00 bits per heavy atom. The maximum Gasteiger partial charge on any atom is 0.274 e. The van der Waals surface area contributed by atoms with Gasteiger partial charge < -0.3 is 19.0 Å². The monoisotopic (exact) mass is 325 g/mol. The first-order valence-electron chi connectivity index (χ1n) is 7.97. The molecule has 0 radical (unpaired) electrons. The molecule has 1 saturated heterocycles. The lowest BCUT2D eigenvalue weighted by atomic mass is 10.2. The van der Waals surface area contributed by atoms with Crippen molar-refractivity contribution < 1.29 is 9.53 Å². The second-order valence-corrected chi connectivity index (χ2v) is 6.14. The van der Waals surface area contributed by atoms with Crippen LogP contribution in [0.25, 0.3) is 5.65 Å². The lowest BCUT2D eigenvalue weighted by molar-refractivity contribution is -0.00528. The number of ether oxygens (including phenoxy) is 1. The van der Waals surface area contributed by atoms with Gasteiger partial charge in [0.25, 0.3) is 5.91 Å². The van der Waals surface area contributed by atoms with E-state index in [0.717, 1.165) is 22.7 Å². The van der Waals surface area contributed by atoms with Crippen LogP contribution in [0.5, 0.6) is 0 Å². The first-order chi connectivity index (χ1) is 11.6. The Balaban J connectivity index is 1.67. The zero-order chi connectivity index (χ0) is 16.7. The highest BCUT2D eigenvalue weighted by Crippen LogP contribution is 2.24. The molecule has 0 aromatic carbocycles. The molecule has 1 N–H and O–H groups in total. The summed E-state index contributed by atoms with van der Waals surface area (Å²) >= 11 is 0. The van der Waals surface area contributed by atoms with Crippen molar-refractivity contribution in [3.8, 4) is 0 Å². The number of rotatable bonds is 2. The number of H-pyrrole nitrogens is 1. The van der Waals surface area contributed by atoms with Gasteiger partial charge >= 0.3 is 0 Å². The quantitative estimate of drug-likeness (QED) is 0.781. The van der Waals surface area contributed by atoms with Crippen molar-refractivity contribution in [2.24, 2.45) is 0 Å². The molecule has 124 valence electrons. The second kappa shape index (κ2) is 5.76. The summed E-state index contributed by atoms with van der Waals surface area (Å²) in [7, 11) is 0. The number of nitrogens with zero attached hydrogens (tertiary/aromatic N) is 4. The van der Waals surface area contributed by atoms with Gasteiger partial charge in [-0.1, -0.05) is 6.07 Å². The summed E-state index contributed by atoms with van der Waals surface area (Å²) in [5, 5.41) is 0. The molecule has 3 aromatic heterocycles. The van der Waals surface area contributed by atoms with Crippen molar-refractivity contribution in [3.05, 3.63) is 53.5 Å². The molecule has 1 amide bonds. The average Bonchev–Trinajstić information content (AvgIpc) is 3.20. The molecule has 24 heavy (non-hydrogen) atoms. The number of carbonyl (C=O) groups is 1. The number of pyridine rings is 1. The average molecular weight is 325 g/mol. The maximum atomic E-state index is 13.0. The molecule has 0 spiro atoms. The van der Waals surface area contributed by atoms with Gasteiger partial charge in [0.1, 0.15) is 23.2 Å². The van der Waals surface area contributed by atoms with Gasteiger partial charge in [0.05, 0.1) is 13.2 Å². The number of fused-ring (bicyclic) bond motifs is 1. The first kappa shape index (κ1) is 14.9. The number of aromatic amines is 1. The highest BCUT2D eigenvalue weighted by atomic mass is 16.5. The molecule has 1 atom stereocenters. The third-order valence-electron chi connectivity index (χ3n) is 4.25. The SMILES string of the molecule is Cc1ccc2nc(C(=O)N3CCOC[C@@H]3c3ncc(C)[nH]3)cn2c1. The topological polar surface area (TPSA) is 75.5 Å². The van der Waals surface area contributed by atoms with Crippen LogP contribution in [0.2, 0.25) is 0 Å². The van der Waals surface area contributed by atoms with Crippen LogP contribution in [0.3, 0.4) is 0 Å². The number of amides is 1. The normalized spacial score (nSPS) is 18.2. The van der Waals surface area contributed by atoms with Crippen molar-refractivity contribution in [2.45, 2.75) is 19.9 Å². The molecule has 4 heterocycles. The number of imidazole rings is 2. The number of aromatic nitrogens is 4. The summed E-state index contributed by atoms with van der Waals surface area (Å²) < 4.78 is 7.44. The number of hydrogen-bond acceptors (Lipinski definition) is 4. The summed E-state index contributed by atoms with van der Waals surface area (Å²) in [6.07, 6.45) is 5.51. The number of carbonyl (C=O) groups excluding carboxylic acids is 1. The Bertz CT molecular complexity index is 897. The van der Waals surface area contributed by atoms with Gasteiger partial charge in [-0.2, -0.15) is 0 Å². The largest absolute Gasteiger partial charge is 0.377 e. The number of morpholine rings is 1. The predicted molar refractivity (Wildman–Crippen MR) is 87.9 cm³/mol. The molecular weight excluding hydrogens is 306 g/mol. The summed E-state index contributed by atoms with van der Waals surface area (Å²) in [4.78, 5) is 26.8. The van der Waals surface area contributed by atoms with Gasteiger partial charge in [-0.05, 0) is 25.5 Å². The smallest absolute Gasteiger partial charge is 0.274 e. The van der Waals surface area contributed by atoms with E-state index < -0.39 is 0 Å². The van der Waals surface area contributed by atoms with Gasteiger partial charge in [-0.25, -0.2) is 9.97 Å². The minimum atomic E-state index is -0.216. The Kier molecular flexibility index (Phi) is 3.57. The van der Waals surface area contributed by atoms with Crippen LogP contribution < -0.4 is 0 Å². The van der Waals surface area contributed by atoms with Crippen molar-refractivity contribution in [3.63, 3.8) is 0 Å². The summed E-state index contributed by atoms with van der Waals surface area (Å²) in [5.74, 6) is 0.652. The van der Waals surface area contributed by atoms with E-state index in [-0.39, 0.29) is 11.9 Å². The van der Waals surface area contributed by atoms with E-state index in [9.17, 15) is 4.79 Å². The molecule has 0 unspecified atom stereocenters. The Morgan fingerprint density at radius 2 is 2.21 bits per heavy atom. The highest BCUT2D eigenvalue weighted by molar-refractivity contribution is 5.93. The zero-order valence-electron chi connectivity index (χ0n) is 13.7. The van der Waals surface area contributed by atoms with E-state index in [1.54, 1.807) is 17.3 Å². The minimum absolute atomic E-state index is 0.0984. The van der Waals surface area contributed by atoms with Crippen LogP contribution in [-0.4, -0.2) is 49.9 Å². The number of hydrogen-bond donors (Lipinski definition) is 1. The van der Waals surface area contributed by atoms with Gasteiger partial charge in [0.15, 0.2) is 0 Å². The molecule has 0 bridgehead atoms. The second-order valence-electron chi connectivity index (χ2n) is 6.14. The number of nitrogens with one attached hydrogen (secondary N) is 1. The standard InChI is InChI=1S/C17H19N5O2/c1-11-3-4-15-20-13(9-21(15)8-11)17(23)22-5-6-24-10-14(22)16-18-7-12(2)19-16/h3-4,7-9,14H,5-6,10H2,1-2H3,(H,18,19)/t14-/m1/s1. The van der Waals surface area contributed by atoms with Crippen LogP contribution >= 0.6 is 0 Å². The van der Waals surface area contributed by atoms with E-state index in [1.165, 1.54) is 0 Å². The highest BCUT2D eigenvalue weighted by Gasteiger charge is 2.32. The van der Waals surface area contributed by atoms with E-state index in [2.05, 4.69) is 15.0 Å². The molecule has 0 saturated carbocycles. The van der Waals surface area contributed by atoms with Crippen LogP contribution in [-0.2, 0) is 4.74 Å². The van der Waals surface area contributed by atoms with E-state index in [1.807, 2.05) is 36.6 Å². The maximum absolute atomic E-state index is 13.0. The Morgan fingerprint density at radius 1 is 1.33 bits per heavy atom. The van der Waals surface area contributed by atoms with E-state index >= 15 is 0 Å². The van der Waals surface area contributed by atoms with E-state index in [4.69, 9.17) is 4.74 Å². The fourth-order valence-electron chi connectivity index (χ4n) is 3.03. The van der Waals surface area contributed by atoms with Gasteiger partial charge in [0.2, 0.25) is 0 Å². The molecule has 7 nitrogen and oxygen atoms in total. The molecule has 1 aliphatic rings. The Hall–Kier alpha value is -2.67. The van der Waals surface area contributed by atoms with Gasteiger partial charge in [-0.3, -0.25) is 4.79 Å². The lowest BCUT2D eigenvalue weighted by Gasteiger charge is -2.33.